The Labute approximate surface area is 186 Å². The average molecular weight is 463 g/mol. The second-order valence-corrected chi connectivity index (χ2v) is 11.0. The summed E-state index contributed by atoms with van der Waals surface area (Å²) in [4.78, 5) is 18.1. The van der Waals surface area contributed by atoms with Crippen LogP contribution in [0.5, 0.6) is 0 Å². The number of hydrogen-bond donors (Lipinski definition) is 2. The zero-order valence-corrected chi connectivity index (χ0v) is 19.9. The second-order valence-electron chi connectivity index (χ2n) is 9.33. The van der Waals surface area contributed by atoms with E-state index < -0.39 is 27.9 Å². The predicted octanol–water partition coefficient (Wildman–Crippen LogP) is 1.45. The number of ether oxygens (including phenoxy) is 2. The fourth-order valence-electron chi connectivity index (χ4n) is 3.84. The van der Waals surface area contributed by atoms with Crippen LogP contribution >= 0.6 is 0 Å². The first-order chi connectivity index (χ1) is 14.4. The number of carbonyl (C=O) groups excluding carboxylic acids is 1. The summed E-state index contributed by atoms with van der Waals surface area (Å²) in [5, 5.41) is 3.37. The number of piperidine rings is 1. The SMILES string of the molecule is CC(C)(C)OC(=O)N=C(N)C(CCCC1CCNCC1)N1COC(COS(C)(=O)=O)C1. The van der Waals surface area contributed by atoms with Crippen LogP contribution in [0.15, 0.2) is 4.99 Å². The molecule has 180 valence electrons. The van der Waals surface area contributed by atoms with E-state index in [0.29, 0.717) is 12.5 Å². The van der Waals surface area contributed by atoms with Crippen LogP contribution in [-0.2, 0) is 23.8 Å². The molecule has 2 heterocycles. The van der Waals surface area contributed by atoms with Gasteiger partial charge in [-0.15, -0.1) is 0 Å². The van der Waals surface area contributed by atoms with E-state index in [1.165, 1.54) is 12.8 Å². The molecule has 0 aromatic heterocycles. The monoisotopic (exact) mass is 462 g/mol. The normalized spacial score (nSPS) is 23.1. The van der Waals surface area contributed by atoms with Gasteiger partial charge in [-0.2, -0.15) is 13.4 Å². The molecule has 11 heteroatoms. The maximum atomic E-state index is 12.2. The average Bonchev–Trinajstić information content (AvgIpc) is 3.11. The molecule has 2 unspecified atom stereocenters. The quantitative estimate of drug-likeness (QED) is 0.297. The lowest BCUT2D eigenvalue weighted by Gasteiger charge is -2.28. The fourth-order valence-corrected chi connectivity index (χ4v) is 4.24. The highest BCUT2D eigenvalue weighted by atomic mass is 32.2. The zero-order chi connectivity index (χ0) is 23.1. The molecule has 2 aliphatic rings. The molecule has 3 N–H and O–H groups in total. The summed E-state index contributed by atoms with van der Waals surface area (Å²) < 4.78 is 38.3. The van der Waals surface area contributed by atoms with Gasteiger partial charge >= 0.3 is 6.09 Å². The van der Waals surface area contributed by atoms with Crippen molar-refractivity contribution in [3.8, 4) is 0 Å². The van der Waals surface area contributed by atoms with Gasteiger partial charge in [-0.25, -0.2) is 4.79 Å². The summed E-state index contributed by atoms with van der Waals surface area (Å²) in [6.45, 7) is 8.07. The van der Waals surface area contributed by atoms with Crippen molar-refractivity contribution in [2.24, 2.45) is 16.6 Å². The molecule has 2 atom stereocenters. The van der Waals surface area contributed by atoms with Crippen LogP contribution in [0.1, 0.15) is 52.9 Å². The predicted molar refractivity (Wildman–Crippen MR) is 118 cm³/mol. The van der Waals surface area contributed by atoms with E-state index in [1.54, 1.807) is 20.8 Å². The Hall–Kier alpha value is -1.27. The van der Waals surface area contributed by atoms with E-state index in [4.69, 9.17) is 19.4 Å². The van der Waals surface area contributed by atoms with Crippen molar-refractivity contribution in [3.05, 3.63) is 0 Å². The topological polar surface area (TPSA) is 133 Å². The first kappa shape index (κ1) is 26.0. The molecule has 2 rings (SSSR count). The lowest BCUT2D eigenvalue weighted by atomic mass is 9.91. The van der Waals surface area contributed by atoms with Gasteiger partial charge in [0.1, 0.15) is 18.2 Å². The molecule has 2 fully saturated rings. The van der Waals surface area contributed by atoms with Crippen molar-refractivity contribution < 1.29 is 26.9 Å². The number of nitrogens with one attached hydrogen (secondary N) is 1. The van der Waals surface area contributed by atoms with Crippen molar-refractivity contribution in [2.45, 2.75) is 70.6 Å². The second kappa shape index (κ2) is 11.6. The van der Waals surface area contributed by atoms with E-state index in [9.17, 15) is 13.2 Å². The Morgan fingerprint density at radius 2 is 2.00 bits per heavy atom. The minimum absolute atomic E-state index is 0.0553. The summed E-state index contributed by atoms with van der Waals surface area (Å²) in [6, 6.07) is -0.294. The molecule has 0 radical (unpaired) electrons. The summed E-state index contributed by atoms with van der Waals surface area (Å²) in [5.74, 6) is 0.879. The Morgan fingerprint density at radius 1 is 1.32 bits per heavy atom. The maximum absolute atomic E-state index is 12.2. The van der Waals surface area contributed by atoms with E-state index in [-0.39, 0.29) is 25.2 Å². The van der Waals surface area contributed by atoms with Gasteiger partial charge in [0, 0.05) is 6.54 Å². The minimum Gasteiger partial charge on any atom is -0.442 e. The van der Waals surface area contributed by atoms with Crippen LogP contribution in [0.3, 0.4) is 0 Å². The molecular formula is C20H38N4O6S. The lowest BCUT2D eigenvalue weighted by molar-refractivity contribution is 0.0567. The largest absolute Gasteiger partial charge is 0.442 e. The highest BCUT2D eigenvalue weighted by Crippen LogP contribution is 2.22. The van der Waals surface area contributed by atoms with Crippen molar-refractivity contribution >= 4 is 22.0 Å². The number of amides is 1. The first-order valence-corrected chi connectivity index (χ1v) is 12.7. The van der Waals surface area contributed by atoms with Crippen molar-refractivity contribution in [1.29, 1.82) is 0 Å². The van der Waals surface area contributed by atoms with Crippen LogP contribution in [0.25, 0.3) is 0 Å². The van der Waals surface area contributed by atoms with Crippen LogP contribution < -0.4 is 11.1 Å². The fraction of sp³-hybridized carbons (Fsp3) is 0.900. The van der Waals surface area contributed by atoms with Gasteiger partial charge in [-0.05, 0) is 59.0 Å². The third-order valence-electron chi connectivity index (χ3n) is 5.33. The third kappa shape index (κ3) is 10.3. The van der Waals surface area contributed by atoms with Crippen LogP contribution in [-0.4, -0.2) is 82.2 Å². The van der Waals surface area contributed by atoms with Gasteiger partial charge in [0.2, 0.25) is 0 Å². The van der Waals surface area contributed by atoms with Crippen LogP contribution in [0.4, 0.5) is 4.79 Å². The Kier molecular flexibility index (Phi) is 9.68. The van der Waals surface area contributed by atoms with E-state index in [0.717, 1.165) is 38.6 Å². The molecule has 0 aromatic rings. The molecule has 0 spiro atoms. The highest BCUT2D eigenvalue weighted by Gasteiger charge is 2.32. The third-order valence-corrected chi connectivity index (χ3v) is 5.89. The smallest absolute Gasteiger partial charge is 0.435 e. The van der Waals surface area contributed by atoms with Crippen LogP contribution in [0.2, 0.25) is 0 Å². The maximum Gasteiger partial charge on any atom is 0.435 e. The summed E-state index contributed by atoms with van der Waals surface area (Å²) in [5.41, 5.74) is 5.58. The molecular weight excluding hydrogens is 424 g/mol. The first-order valence-electron chi connectivity index (χ1n) is 10.9. The molecule has 10 nitrogen and oxygen atoms in total. The minimum atomic E-state index is -3.54. The summed E-state index contributed by atoms with van der Waals surface area (Å²) in [7, 11) is -3.54. The number of carbonyl (C=O) groups is 1. The van der Waals surface area contributed by atoms with Crippen molar-refractivity contribution in [1.82, 2.24) is 10.2 Å². The number of hydrogen-bond acceptors (Lipinski definition) is 8. The van der Waals surface area contributed by atoms with E-state index >= 15 is 0 Å². The van der Waals surface area contributed by atoms with Crippen molar-refractivity contribution in [3.63, 3.8) is 0 Å². The molecule has 0 saturated carbocycles. The highest BCUT2D eigenvalue weighted by molar-refractivity contribution is 7.85. The number of rotatable bonds is 9. The van der Waals surface area contributed by atoms with E-state index in [1.807, 2.05) is 4.90 Å². The number of amidine groups is 1. The summed E-state index contributed by atoms with van der Waals surface area (Å²) >= 11 is 0. The van der Waals surface area contributed by atoms with Gasteiger partial charge in [-0.1, -0.05) is 12.8 Å². The van der Waals surface area contributed by atoms with E-state index in [2.05, 4.69) is 10.3 Å². The van der Waals surface area contributed by atoms with Gasteiger partial charge < -0.3 is 20.5 Å². The molecule has 0 aromatic carbocycles. The molecule has 2 saturated heterocycles. The number of aliphatic imine (C=N–C) groups is 1. The van der Waals surface area contributed by atoms with Crippen molar-refractivity contribution in [2.75, 3.05) is 39.2 Å². The Balaban J connectivity index is 1.99. The molecule has 2 aliphatic heterocycles. The molecule has 31 heavy (non-hydrogen) atoms. The van der Waals surface area contributed by atoms with Gasteiger partial charge in [0.05, 0.1) is 25.0 Å². The van der Waals surface area contributed by atoms with Gasteiger partial charge in [0.25, 0.3) is 10.1 Å². The molecule has 1 amide bonds. The molecule has 0 bridgehead atoms. The Morgan fingerprint density at radius 3 is 2.61 bits per heavy atom. The van der Waals surface area contributed by atoms with Gasteiger partial charge in [-0.3, -0.25) is 9.08 Å². The van der Waals surface area contributed by atoms with Gasteiger partial charge in [0.15, 0.2) is 0 Å². The molecule has 0 aliphatic carbocycles. The zero-order valence-electron chi connectivity index (χ0n) is 19.1. The lowest BCUT2D eigenvalue weighted by Crippen LogP contribution is -2.45. The number of nitrogens with two attached hydrogens (primary N) is 1. The Bertz CT molecular complexity index is 716. The number of nitrogens with zero attached hydrogens (tertiary/aromatic N) is 2. The standard InChI is InChI=1S/C20H38N4O6S/c1-20(2,3)30-19(25)23-18(21)17(7-5-6-15-8-10-22-11-9-15)24-12-16(28-14-24)13-29-31(4,26)27/h15-17,22H,5-14H2,1-4H3,(H2,21,23,25). The van der Waals surface area contributed by atoms with Crippen LogP contribution in [0, 0.1) is 5.92 Å². The summed E-state index contributed by atoms with van der Waals surface area (Å²) in [6.07, 6.45) is 5.00.